The molecular weight excluding hydrogens is 168 g/mol. The van der Waals surface area contributed by atoms with Crippen molar-refractivity contribution in [3.8, 4) is 0 Å². The molecule has 0 atom stereocenters. The maximum Gasteiger partial charge on any atom is 0.247 e. The SMILES string of the molecule is NCC(=O)NS(=O)(=O)C1CC1. The molecule has 6 heteroatoms. The Balaban J connectivity index is 2.53. The summed E-state index contributed by atoms with van der Waals surface area (Å²) in [5.74, 6) is -0.642. The minimum Gasteiger partial charge on any atom is -0.322 e. The lowest BCUT2D eigenvalue weighted by Gasteiger charge is -2.01. The van der Waals surface area contributed by atoms with E-state index in [1.807, 2.05) is 4.72 Å². The first-order valence-electron chi connectivity index (χ1n) is 3.31. The van der Waals surface area contributed by atoms with Crippen molar-refractivity contribution in [2.75, 3.05) is 6.54 Å². The zero-order chi connectivity index (χ0) is 8.48. The Kier molecular flexibility index (Phi) is 2.15. The molecule has 1 fully saturated rings. The minimum absolute atomic E-state index is 0.286. The van der Waals surface area contributed by atoms with Crippen LogP contribution in [0, 0.1) is 0 Å². The monoisotopic (exact) mass is 178 g/mol. The highest BCUT2D eigenvalue weighted by Gasteiger charge is 2.36. The van der Waals surface area contributed by atoms with Crippen LogP contribution in [-0.2, 0) is 14.8 Å². The molecule has 11 heavy (non-hydrogen) atoms. The molecule has 3 N–H and O–H groups in total. The molecular formula is C5H10N2O3S. The molecule has 0 saturated heterocycles. The summed E-state index contributed by atoms with van der Waals surface area (Å²) in [4.78, 5) is 10.5. The van der Waals surface area contributed by atoms with Crippen molar-refractivity contribution >= 4 is 15.9 Å². The van der Waals surface area contributed by atoms with Gasteiger partial charge in [-0.25, -0.2) is 8.42 Å². The van der Waals surface area contributed by atoms with Gasteiger partial charge >= 0.3 is 0 Å². The Morgan fingerprint density at radius 2 is 2.09 bits per heavy atom. The quantitative estimate of drug-likeness (QED) is 0.553. The minimum atomic E-state index is -3.38. The van der Waals surface area contributed by atoms with Crippen molar-refractivity contribution in [2.24, 2.45) is 5.73 Å². The molecule has 0 bridgehead atoms. The van der Waals surface area contributed by atoms with Gasteiger partial charge in [0.15, 0.2) is 0 Å². The highest BCUT2D eigenvalue weighted by molar-refractivity contribution is 7.90. The second kappa shape index (κ2) is 2.78. The molecule has 0 spiro atoms. The Bertz CT molecular complexity index is 255. The van der Waals surface area contributed by atoms with Gasteiger partial charge in [0.1, 0.15) is 0 Å². The number of hydrogen-bond acceptors (Lipinski definition) is 4. The number of nitrogens with one attached hydrogen (secondary N) is 1. The fourth-order valence-electron chi connectivity index (χ4n) is 0.662. The van der Waals surface area contributed by atoms with E-state index in [0.29, 0.717) is 12.8 Å². The molecule has 1 saturated carbocycles. The smallest absolute Gasteiger partial charge is 0.247 e. The summed E-state index contributed by atoms with van der Waals surface area (Å²) in [5.41, 5.74) is 4.92. The van der Waals surface area contributed by atoms with E-state index in [4.69, 9.17) is 5.73 Å². The van der Waals surface area contributed by atoms with Crippen LogP contribution in [0.4, 0.5) is 0 Å². The Hall–Kier alpha value is -0.620. The number of amides is 1. The van der Waals surface area contributed by atoms with Gasteiger partial charge in [0.25, 0.3) is 0 Å². The van der Waals surface area contributed by atoms with Crippen LogP contribution >= 0.6 is 0 Å². The lowest BCUT2D eigenvalue weighted by atomic mass is 10.7. The van der Waals surface area contributed by atoms with E-state index in [-0.39, 0.29) is 11.8 Å². The first-order chi connectivity index (χ1) is 5.06. The Morgan fingerprint density at radius 3 is 2.45 bits per heavy atom. The number of carbonyl (C=O) groups excluding carboxylic acids is 1. The van der Waals surface area contributed by atoms with Gasteiger partial charge in [0.2, 0.25) is 15.9 Å². The molecule has 0 radical (unpaired) electrons. The predicted octanol–water partition coefficient (Wildman–Crippen LogP) is -1.45. The molecule has 1 amide bonds. The number of nitrogens with two attached hydrogens (primary N) is 1. The Labute approximate surface area is 65.0 Å². The molecule has 0 aromatic heterocycles. The maximum atomic E-state index is 11.0. The van der Waals surface area contributed by atoms with Crippen LogP contribution in [0.25, 0.3) is 0 Å². The zero-order valence-electron chi connectivity index (χ0n) is 5.91. The number of rotatable bonds is 3. The molecule has 5 nitrogen and oxygen atoms in total. The highest BCUT2D eigenvalue weighted by Crippen LogP contribution is 2.27. The lowest BCUT2D eigenvalue weighted by Crippen LogP contribution is -2.37. The molecule has 1 aliphatic carbocycles. The van der Waals surface area contributed by atoms with E-state index in [1.165, 1.54) is 0 Å². The Morgan fingerprint density at radius 1 is 1.55 bits per heavy atom. The van der Waals surface area contributed by atoms with Crippen LogP contribution in [0.2, 0.25) is 0 Å². The van der Waals surface area contributed by atoms with Crippen molar-refractivity contribution in [3.05, 3.63) is 0 Å². The highest BCUT2D eigenvalue weighted by atomic mass is 32.2. The van der Waals surface area contributed by atoms with Gasteiger partial charge in [-0.3, -0.25) is 9.52 Å². The number of hydrogen-bond donors (Lipinski definition) is 2. The third kappa shape index (κ3) is 2.16. The summed E-state index contributed by atoms with van der Waals surface area (Å²) in [7, 11) is -3.38. The summed E-state index contributed by atoms with van der Waals surface area (Å²) in [6.45, 7) is -0.286. The summed E-state index contributed by atoms with van der Waals surface area (Å²) in [6, 6.07) is 0. The van der Waals surface area contributed by atoms with E-state index >= 15 is 0 Å². The maximum absolute atomic E-state index is 11.0. The van der Waals surface area contributed by atoms with Gasteiger partial charge in [-0.05, 0) is 12.8 Å². The first kappa shape index (κ1) is 8.48. The van der Waals surface area contributed by atoms with Crippen LogP contribution in [0.3, 0.4) is 0 Å². The second-order valence-electron chi connectivity index (χ2n) is 2.47. The molecule has 0 aromatic rings. The van der Waals surface area contributed by atoms with Crippen LogP contribution in [-0.4, -0.2) is 26.1 Å². The average molecular weight is 178 g/mol. The first-order valence-corrected chi connectivity index (χ1v) is 4.85. The topological polar surface area (TPSA) is 89.3 Å². The third-order valence-corrected chi connectivity index (χ3v) is 3.27. The van der Waals surface area contributed by atoms with Crippen molar-refractivity contribution in [3.63, 3.8) is 0 Å². The summed E-state index contributed by atoms with van der Waals surface area (Å²) in [6.07, 6.45) is 1.29. The van der Waals surface area contributed by atoms with Crippen LogP contribution < -0.4 is 10.5 Å². The molecule has 1 aliphatic rings. The lowest BCUT2D eigenvalue weighted by molar-refractivity contribution is -0.118. The third-order valence-electron chi connectivity index (χ3n) is 1.40. The van der Waals surface area contributed by atoms with Crippen molar-refractivity contribution in [1.82, 2.24) is 4.72 Å². The molecule has 0 aromatic carbocycles. The van der Waals surface area contributed by atoms with Crippen molar-refractivity contribution in [2.45, 2.75) is 18.1 Å². The molecule has 0 aliphatic heterocycles. The standard InChI is InChI=1S/C5H10N2O3S/c6-3-5(8)7-11(9,10)4-1-2-4/h4H,1-3,6H2,(H,7,8). The van der Waals surface area contributed by atoms with Gasteiger partial charge < -0.3 is 5.73 Å². The van der Waals surface area contributed by atoms with E-state index < -0.39 is 15.9 Å². The number of carbonyl (C=O) groups is 1. The van der Waals surface area contributed by atoms with E-state index in [2.05, 4.69) is 0 Å². The van der Waals surface area contributed by atoms with Crippen LogP contribution in [0.1, 0.15) is 12.8 Å². The van der Waals surface area contributed by atoms with Gasteiger partial charge in [-0.1, -0.05) is 0 Å². The fraction of sp³-hybridized carbons (Fsp3) is 0.800. The molecule has 0 unspecified atom stereocenters. The molecule has 1 rings (SSSR count). The van der Waals surface area contributed by atoms with Crippen LogP contribution in [0.15, 0.2) is 0 Å². The molecule has 0 heterocycles. The van der Waals surface area contributed by atoms with Gasteiger partial charge in [0, 0.05) is 0 Å². The largest absolute Gasteiger partial charge is 0.322 e. The predicted molar refractivity (Wildman–Crippen MR) is 39.1 cm³/mol. The number of sulfonamides is 1. The van der Waals surface area contributed by atoms with Crippen LogP contribution in [0.5, 0.6) is 0 Å². The van der Waals surface area contributed by atoms with Gasteiger partial charge in [-0.15, -0.1) is 0 Å². The second-order valence-corrected chi connectivity index (χ2v) is 4.43. The zero-order valence-corrected chi connectivity index (χ0v) is 6.73. The van der Waals surface area contributed by atoms with Crippen molar-refractivity contribution in [1.29, 1.82) is 0 Å². The molecule has 64 valence electrons. The summed E-state index contributed by atoms with van der Waals surface area (Å²) < 4.78 is 23.8. The normalized spacial score (nSPS) is 17.9. The van der Waals surface area contributed by atoms with Gasteiger partial charge in [-0.2, -0.15) is 0 Å². The summed E-state index contributed by atoms with van der Waals surface area (Å²) in [5, 5.41) is -0.363. The summed E-state index contributed by atoms with van der Waals surface area (Å²) >= 11 is 0. The van der Waals surface area contributed by atoms with E-state index in [9.17, 15) is 13.2 Å². The average Bonchev–Trinajstić information content (AvgIpc) is 2.66. The van der Waals surface area contributed by atoms with Gasteiger partial charge in [0.05, 0.1) is 11.8 Å². The van der Waals surface area contributed by atoms with Crippen molar-refractivity contribution < 1.29 is 13.2 Å². The van der Waals surface area contributed by atoms with E-state index in [0.717, 1.165) is 0 Å². The van der Waals surface area contributed by atoms with E-state index in [1.54, 1.807) is 0 Å². The fourth-order valence-corrected chi connectivity index (χ4v) is 1.99.